The summed E-state index contributed by atoms with van der Waals surface area (Å²) in [5, 5.41) is 5.00. The summed E-state index contributed by atoms with van der Waals surface area (Å²) in [7, 11) is 0. The Kier molecular flexibility index (Phi) is 9.08. The lowest BCUT2D eigenvalue weighted by atomic mass is 10.1. The number of benzene rings is 2. The van der Waals surface area contributed by atoms with E-state index in [1.54, 1.807) is 31.7 Å². The molecule has 0 radical (unpaired) electrons. The Morgan fingerprint density at radius 3 is 2.36 bits per heavy atom. The van der Waals surface area contributed by atoms with Gasteiger partial charge in [-0.2, -0.15) is 0 Å². The van der Waals surface area contributed by atoms with E-state index < -0.39 is 11.8 Å². The van der Waals surface area contributed by atoms with Crippen molar-refractivity contribution in [2.24, 2.45) is 4.99 Å². The predicted molar refractivity (Wildman–Crippen MR) is 139 cm³/mol. The van der Waals surface area contributed by atoms with Crippen LogP contribution in [-0.4, -0.2) is 66.1 Å². The molecule has 190 valence electrons. The first kappa shape index (κ1) is 26.7. The highest BCUT2D eigenvalue weighted by molar-refractivity contribution is 6.02. The fourth-order valence-corrected chi connectivity index (χ4v) is 3.77. The van der Waals surface area contributed by atoms with Crippen molar-refractivity contribution >= 4 is 29.2 Å². The summed E-state index contributed by atoms with van der Waals surface area (Å²) in [6.45, 7) is 12.3. The summed E-state index contributed by atoms with van der Waals surface area (Å²) in [6, 6.07) is 10.9. The highest BCUT2D eigenvalue weighted by atomic mass is 19.1. The maximum atomic E-state index is 14.5. The number of nitrogens with one attached hydrogen (secondary N) is 2. The van der Waals surface area contributed by atoms with Gasteiger partial charge in [-0.15, -0.1) is 0 Å². The van der Waals surface area contributed by atoms with Crippen LogP contribution in [0, 0.1) is 5.82 Å². The molecule has 1 fully saturated rings. The first-order valence-electron chi connectivity index (χ1n) is 11.8. The number of hydrogen-bond donors (Lipinski definition) is 2. The zero-order valence-electron chi connectivity index (χ0n) is 20.9. The monoisotopic (exact) mass is 493 g/mol. The number of halogens is 1. The average molecular weight is 494 g/mol. The van der Waals surface area contributed by atoms with Crippen LogP contribution < -0.4 is 10.6 Å². The maximum Gasteiger partial charge on any atom is 0.319 e. The van der Waals surface area contributed by atoms with Gasteiger partial charge in [0.1, 0.15) is 5.82 Å². The molecule has 2 aromatic carbocycles. The van der Waals surface area contributed by atoms with Crippen LogP contribution in [0.2, 0.25) is 0 Å². The fourth-order valence-electron chi connectivity index (χ4n) is 3.77. The smallest absolute Gasteiger partial charge is 0.319 e. The van der Waals surface area contributed by atoms with E-state index >= 15 is 0 Å². The quantitative estimate of drug-likeness (QED) is 0.449. The number of carbonyl (C=O) groups is 3. The summed E-state index contributed by atoms with van der Waals surface area (Å²) >= 11 is 0. The third kappa shape index (κ3) is 7.58. The highest BCUT2D eigenvalue weighted by Gasteiger charge is 2.23. The summed E-state index contributed by atoms with van der Waals surface area (Å²) < 4.78 is 14.5. The van der Waals surface area contributed by atoms with Gasteiger partial charge >= 0.3 is 6.03 Å². The molecule has 0 aliphatic carbocycles. The van der Waals surface area contributed by atoms with E-state index in [0.29, 0.717) is 44.0 Å². The maximum absolute atomic E-state index is 14.5. The molecule has 0 unspecified atom stereocenters. The second kappa shape index (κ2) is 12.2. The van der Waals surface area contributed by atoms with E-state index in [-0.39, 0.29) is 29.6 Å². The lowest BCUT2D eigenvalue weighted by molar-refractivity contribution is 0.0627. The van der Waals surface area contributed by atoms with Gasteiger partial charge in [-0.25, -0.2) is 14.2 Å². The van der Waals surface area contributed by atoms with E-state index in [2.05, 4.69) is 27.1 Å². The van der Waals surface area contributed by atoms with Gasteiger partial charge in [-0.1, -0.05) is 24.3 Å². The van der Waals surface area contributed by atoms with Gasteiger partial charge in [-0.3, -0.25) is 14.5 Å². The van der Waals surface area contributed by atoms with Crippen LogP contribution in [0.3, 0.4) is 0 Å². The predicted octanol–water partition coefficient (Wildman–Crippen LogP) is 4.10. The van der Waals surface area contributed by atoms with Crippen LogP contribution in [0.25, 0.3) is 0 Å². The van der Waals surface area contributed by atoms with Crippen molar-refractivity contribution in [3.8, 4) is 0 Å². The van der Waals surface area contributed by atoms with E-state index in [9.17, 15) is 18.8 Å². The normalized spacial score (nSPS) is 13.6. The SMILES string of the molecule is C=C(C)CNC(=O)Nc1ccc(C(=O)N2CCN(Cc3cccc(C(=O)N=C(C)C)c3)CC2)cc1F. The van der Waals surface area contributed by atoms with Crippen LogP contribution >= 0.6 is 0 Å². The van der Waals surface area contributed by atoms with Crippen LogP contribution in [0.1, 0.15) is 47.1 Å². The van der Waals surface area contributed by atoms with E-state index in [0.717, 1.165) is 17.2 Å². The Bertz CT molecular complexity index is 1180. The van der Waals surface area contributed by atoms with Crippen molar-refractivity contribution in [3.05, 3.63) is 77.1 Å². The lowest BCUT2D eigenvalue weighted by Gasteiger charge is -2.35. The van der Waals surface area contributed by atoms with Crippen molar-refractivity contribution in [1.29, 1.82) is 0 Å². The first-order chi connectivity index (χ1) is 17.1. The number of nitrogens with zero attached hydrogens (tertiary/aromatic N) is 3. The van der Waals surface area contributed by atoms with Crippen LogP contribution in [-0.2, 0) is 6.54 Å². The number of aliphatic imine (C=N–C) groups is 1. The minimum absolute atomic E-state index is 0.00363. The van der Waals surface area contributed by atoms with Gasteiger partial charge < -0.3 is 15.5 Å². The van der Waals surface area contributed by atoms with E-state index in [4.69, 9.17) is 0 Å². The first-order valence-corrected chi connectivity index (χ1v) is 11.8. The molecule has 3 rings (SSSR count). The Morgan fingerprint density at radius 2 is 1.72 bits per heavy atom. The molecule has 0 spiro atoms. The number of anilines is 1. The molecule has 9 heteroatoms. The largest absolute Gasteiger partial charge is 0.336 e. The molecule has 1 aliphatic rings. The van der Waals surface area contributed by atoms with Crippen LogP contribution in [0.15, 0.2) is 59.6 Å². The Balaban J connectivity index is 1.54. The Morgan fingerprint density at radius 1 is 1.00 bits per heavy atom. The number of hydrogen-bond acceptors (Lipinski definition) is 4. The van der Waals surface area contributed by atoms with E-state index in [1.165, 1.54) is 12.1 Å². The molecular weight excluding hydrogens is 461 g/mol. The molecule has 2 N–H and O–H groups in total. The molecule has 0 bridgehead atoms. The van der Waals surface area contributed by atoms with E-state index in [1.807, 2.05) is 18.2 Å². The summed E-state index contributed by atoms with van der Waals surface area (Å²) in [5.74, 6) is -1.19. The van der Waals surface area contributed by atoms with Gasteiger partial charge in [0.15, 0.2) is 0 Å². The summed E-state index contributed by atoms with van der Waals surface area (Å²) in [6.07, 6.45) is 0. The Labute approximate surface area is 210 Å². The third-order valence-corrected chi connectivity index (χ3v) is 5.58. The number of urea groups is 1. The number of rotatable bonds is 7. The van der Waals surface area contributed by atoms with Crippen LogP contribution in [0.5, 0.6) is 0 Å². The zero-order valence-corrected chi connectivity index (χ0v) is 20.9. The molecule has 1 heterocycles. The molecule has 0 aromatic heterocycles. The summed E-state index contributed by atoms with van der Waals surface area (Å²) in [5.41, 5.74) is 3.26. The molecule has 8 nitrogen and oxygen atoms in total. The van der Waals surface area contributed by atoms with Gasteiger partial charge in [0.05, 0.1) is 5.69 Å². The molecule has 2 aromatic rings. The zero-order chi connectivity index (χ0) is 26.2. The minimum Gasteiger partial charge on any atom is -0.336 e. The second-order valence-electron chi connectivity index (χ2n) is 9.09. The number of carbonyl (C=O) groups excluding carboxylic acids is 3. The Hall–Kier alpha value is -3.85. The molecule has 1 aliphatic heterocycles. The lowest BCUT2D eigenvalue weighted by Crippen LogP contribution is -2.48. The highest BCUT2D eigenvalue weighted by Crippen LogP contribution is 2.18. The van der Waals surface area contributed by atoms with Crippen LogP contribution in [0.4, 0.5) is 14.9 Å². The molecular formula is C27H32FN5O3. The summed E-state index contributed by atoms with van der Waals surface area (Å²) in [4.78, 5) is 44.9. The molecule has 4 amide bonds. The molecule has 36 heavy (non-hydrogen) atoms. The third-order valence-electron chi connectivity index (χ3n) is 5.58. The topological polar surface area (TPSA) is 94.1 Å². The van der Waals surface area contributed by atoms with Crippen molar-refractivity contribution in [1.82, 2.24) is 15.1 Å². The number of piperazine rings is 1. The van der Waals surface area contributed by atoms with Gasteiger partial charge in [0.2, 0.25) is 0 Å². The molecule has 1 saturated heterocycles. The average Bonchev–Trinajstić information content (AvgIpc) is 2.84. The standard InChI is InChI=1S/C27H32FN5O3/c1-18(2)16-29-27(36)31-24-9-8-22(15-23(24)28)26(35)33-12-10-32(11-13-33)17-20-6-5-7-21(14-20)25(34)30-19(3)4/h5-9,14-15H,1,10-13,16-17H2,2-4H3,(H2,29,31,36). The number of amides is 4. The van der Waals surface area contributed by atoms with Crippen molar-refractivity contribution in [2.45, 2.75) is 27.3 Å². The van der Waals surface area contributed by atoms with Gasteiger partial charge in [-0.05, 0) is 56.7 Å². The minimum atomic E-state index is -0.679. The molecule has 0 saturated carbocycles. The molecule has 0 atom stereocenters. The van der Waals surface area contributed by atoms with Crippen molar-refractivity contribution in [3.63, 3.8) is 0 Å². The fraction of sp³-hybridized carbons (Fsp3) is 0.333. The van der Waals surface area contributed by atoms with Crippen molar-refractivity contribution in [2.75, 3.05) is 38.0 Å². The van der Waals surface area contributed by atoms with Gasteiger partial charge in [0.25, 0.3) is 11.8 Å². The van der Waals surface area contributed by atoms with Crippen molar-refractivity contribution < 1.29 is 18.8 Å². The van der Waals surface area contributed by atoms with Gasteiger partial charge in [0, 0.05) is 56.1 Å². The second-order valence-corrected chi connectivity index (χ2v) is 9.09.